The lowest BCUT2D eigenvalue weighted by Gasteiger charge is -2.17. The molecule has 1 unspecified atom stereocenters. The summed E-state index contributed by atoms with van der Waals surface area (Å²) in [7, 11) is 0. The van der Waals surface area contributed by atoms with Gasteiger partial charge in [0.25, 0.3) is 5.91 Å². The van der Waals surface area contributed by atoms with Crippen molar-refractivity contribution in [3.05, 3.63) is 59.4 Å². The fourth-order valence-electron chi connectivity index (χ4n) is 3.31. The smallest absolute Gasteiger partial charge is 0.251 e. The van der Waals surface area contributed by atoms with Crippen LogP contribution in [0.3, 0.4) is 0 Å². The van der Waals surface area contributed by atoms with Crippen LogP contribution in [0.5, 0.6) is 11.5 Å². The van der Waals surface area contributed by atoms with Crippen LogP contribution < -0.4 is 14.8 Å². The van der Waals surface area contributed by atoms with Crippen LogP contribution in [0.15, 0.2) is 42.5 Å². The molecule has 4 rings (SSSR count). The number of nitrogens with one attached hydrogen (secondary N) is 1. The number of carbonyl (C=O) groups excluding carboxylic acids is 2. The molecule has 2 aromatic carbocycles. The Morgan fingerprint density at radius 2 is 1.93 bits per heavy atom. The lowest BCUT2D eigenvalue weighted by atomic mass is 10.1. The molecular formula is C20H19FN2O4. The summed E-state index contributed by atoms with van der Waals surface area (Å²) in [6.07, 6.45) is 0.925. The van der Waals surface area contributed by atoms with E-state index >= 15 is 0 Å². The molecular weight excluding hydrogens is 351 g/mol. The van der Waals surface area contributed by atoms with E-state index in [9.17, 15) is 14.0 Å². The molecule has 7 heteroatoms. The number of fused-ring (bicyclic) bond motifs is 1. The number of nitrogens with zero attached hydrogens (tertiary/aromatic N) is 1. The van der Waals surface area contributed by atoms with Gasteiger partial charge in [0, 0.05) is 25.1 Å². The van der Waals surface area contributed by atoms with Crippen molar-refractivity contribution in [3.63, 3.8) is 0 Å². The second-order valence-electron chi connectivity index (χ2n) is 6.66. The van der Waals surface area contributed by atoms with E-state index in [1.165, 1.54) is 12.1 Å². The predicted octanol–water partition coefficient (Wildman–Crippen LogP) is 2.13. The summed E-state index contributed by atoms with van der Waals surface area (Å²) in [6, 6.07) is 11.0. The quantitative estimate of drug-likeness (QED) is 0.876. The highest BCUT2D eigenvalue weighted by Gasteiger charge is 2.30. The van der Waals surface area contributed by atoms with Gasteiger partial charge in [0.05, 0.1) is 6.04 Å². The molecule has 140 valence electrons. The van der Waals surface area contributed by atoms with Gasteiger partial charge in [-0.2, -0.15) is 0 Å². The Labute approximate surface area is 155 Å². The average Bonchev–Trinajstić information content (AvgIpc) is 3.26. The fourth-order valence-corrected chi connectivity index (χ4v) is 3.31. The van der Waals surface area contributed by atoms with Gasteiger partial charge in [-0.1, -0.05) is 12.1 Å². The second kappa shape index (κ2) is 7.26. The summed E-state index contributed by atoms with van der Waals surface area (Å²) in [5, 5.41) is 2.90. The number of halogens is 1. The molecule has 2 heterocycles. The van der Waals surface area contributed by atoms with Crippen LogP contribution in [-0.4, -0.2) is 42.6 Å². The van der Waals surface area contributed by atoms with E-state index in [4.69, 9.17) is 9.47 Å². The molecule has 2 aliphatic heterocycles. The minimum absolute atomic E-state index is 0.00750. The molecule has 0 spiro atoms. The Morgan fingerprint density at radius 3 is 2.74 bits per heavy atom. The molecule has 0 aromatic heterocycles. The zero-order valence-corrected chi connectivity index (χ0v) is 14.6. The van der Waals surface area contributed by atoms with Gasteiger partial charge in [0.2, 0.25) is 12.7 Å². The molecule has 6 nitrogen and oxygen atoms in total. The van der Waals surface area contributed by atoms with E-state index in [-0.39, 0.29) is 36.9 Å². The van der Waals surface area contributed by atoms with Crippen molar-refractivity contribution >= 4 is 11.8 Å². The highest BCUT2D eigenvalue weighted by atomic mass is 19.1. The standard InChI is InChI=1S/C20H19FN2O4/c21-15-4-1-13(2-5-15)7-8-23-11-16(10-19(23)24)22-20(25)14-3-6-17-18(9-14)27-12-26-17/h1-6,9,16H,7-8,10-12H2,(H,22,25). The van der Waals surface area contributed by atoms with Crippen LogP contribution in [0.1, 0.15) is 22.3 Å². The first-order valence-electron chi connectivity index (χ1n) is 8.81. The molecule has 1 atom stereocenters. The van der Waals surface area contributed by atoms with Crippen molar-refractivity contribution in [1.82, 2.24) is 10.2 Å². The van der Waals surface area contributed by atoms with Crippen molar-refractivity contribution in [2.45, 2.75) is 18.9 Å². The van der Waals surface area contributed by atoms with E-state index in [0.29, 0.717) is 36.6 Å². The van der Waals surface area contributed by atoms with Crippen LogP contribution in [0.25, 0.3) is 0 Å². The first-order chi connectivity index (χ1) is 13.1. The average molecular weight is 370 g/mol. The highest BCUT2D eigenvalue weighted by molar-refractivity contribution is 5.95. The van der Waals surface area contributed by atoms with E-state index in [1.54, 1.807) is 35.2 Å². The van der Waals surface area contributed by atoms with Gasteiger partial charge in [-0.3, -0.25) is 9.59 Å². The summed E-state index contributed by atoms with van der Waals surface area (Å²) in [5.41, 5.74) is 1.44. The molecule has 0 saturated carbocycles. The Balaban J connectivity index is 1.32. The number of rotatable bonds is 5. The zero-order chi connectivity index (χ0) is 18.8. The Bertz CT molecular complexity index is 869. The predicted molar refractivity (Wildman–Crippen MR) is 95.1 cm³/mol. The number of ether oxygens (including phenoxy) is 2. The van der Waals surface area contributed by atoms with Crippen LogP contribution in [0, 0.1) is 5.82 Å². The van der Waals surface area contributed by atoms with Gasteiger partial charge in [0.15, 0.2) is 11.5 Å². The topological polar surface area (TPSA) is 67.9 Å². The lowest BCUT2D eigenvalue weighted by molar-refractivity contribution is -0.127. The number of benzene rings is 2. The molecule has 0 bridgehead atoms. The van der Waals surface area contributed by atoms with Gasteiger partial charge in [-0.05, 0) is 42.3 Å². The van der Waals surface area contributed by atoms with Gasteiger partial charge in [-0.15, -0.1) is 0 Å². The highest BCUT2D eigenvalue weighted by Crippen LogP contribution is 2.32. The number of amides is 2. The van der Waals surface area contributed by atoms with Crippen LogP contribution in [0.4, 0.5) is 4.39 Å². The number of carbonyl (C=O) groups is 2. The number of likely N-dealkylation sites (tertiary alicyclic amines) is 1. The normalized spacial score (nSPS) is 18.0. The van der Waals surface area contributed by atoms with Crippen LogP contribution >= 0.6 is 0 Å². The van der Waals surface area contributed by atoms with E-state index in [1.807, 2.05) is 0 Å². The van der Waals surface area contributed by atoms with Crippen LogP contribution in [-0.2, 0) is 11.2 Å². The van der Waals surface area contributed by atoms with E-state index < -0.39 is 0 Å². The number of hydrogen-bond donors (Lipinski definition) is 1. The molecule has 2 aromatic rings. The van der Waals surface area contributed by atoms with E-state index in [2.05, 4.69) is 5.32 Å². The van der Waals surface area contributed by atoms with Crippen molar-refractivity contribution in [2.75, 3.05) is 19.9 Å². The maximum atomic E-state index is 13.0. The summed E-state index contributed by atoms with van der Waals surface area (Å²) < 4.78 is 23.5. The van der Waals surface area contributed by atoms with Crippen molar-refractivity contribution < 1.29 is 23.5 Å². The maximum absolute atomic E-state index is 13.0. The number of hydrogen-bond acceptors (Lipinski definition) is 4. The van der Waals surface area contributed by atoms with Crippen molar-refractivity contribution in [2.24, 2.45) is 0 Å². The minimum Gasteiger partial charge on any atom is -0.454 e. The largest absolute Gasteiger partial charge is 0.454 e. The molecule has 1 fully saturated rings. The molecule has 27 heavy (non-hydrogen) atoms. The molecule has 2 aliphatic rings. The minimum atomic E-state index is -0.276. The lowest BCUT2D eigenvalue weighted by Crippen LogP contribution is -2.37. The first-order valence-corrected chi connectivity index (χ1v) is 8.81. The van der Waals surface area contributed by atoms with Gasteiger partial charge >= 0.3 is 0 Å². The Hall–Kier alpha value is -3.09. The Kier molecular flexibility index (Phi) is 4.66. The molecule has 0 aliphatic carbocycles. The molecule has 1 N–H and O–H groups in total. The summed E-state index contributed by atoms with van der Waals surface area (Å²) in [4.78, 5) is 26.4. The SMILES string of the molecule is O=C(NC1CC(=O)N(CCc2ccc(F)cc2)C1)c1ccc2c(c1)OCO2. The monoisotopic (exact) mass is 370 g/mol. The summed E-state index contributed by atoms with van der Waals surface area (Å²) in [5.74, 6) is 0.655. The fraction of sp³-hybridized carbons (Fsp3) is 0.300. The van der Waals surface area contributed by atoms with Gasteiger partial charge in [-0.25, -0.2) is 4.39 Å². The molecule has 0 radical (unpaired) electrons. The molecule has 1 saturated heterocycles. The van der Waals surface area contributed by atoms with Crippen LogP contribution in [0.2, 0.25) is 0 Å². The summed E-state index contributed by atoms with van der Waals surface area (Å²) >= 11 is 0. The molecule has 2 amide bonds. The van der Waals surface area contributed by atoms with Crippen molar-refractivity contribution in [3.8, 4) is 11.5 Å². The second-order valence-corrected chi connectivity index (χ2v) is 6.66. The third-order valence-electron chi connectivity index (χ3n) is 4.77. The third-order valence-corrected chi connectivity index (χ3v) is 4.77. The third kappa shape index (κ3) is 3.86. The Morgan fingerprint density at radius 1 is 1.15 bits per heavy atom. The summed E-state index contributed by atoms with van der Waals surface area (Å²) in [6.45, 7) is 1.16. The first kappa shape index (κ1) is 17.3. The van der Waals surface area contributed by atoms with E-state index in [0.717, 1.165) is 5.56 Å². The zero-order valence-electron chi connectivity index (χ0n) is 14.6. The maximum Gasteiger partial charge on any atom is 0.251 e. The van der Waals surface area contributed by atoms with Gasteiger partial charge in [0.1, 0.15) is 5.82 Å². The van der Waals surface area contributed by atoms with Crippen molar-refractivity contribution in [1.29, 1.82) is 0 Å². The van der Waals surface area contributed by atoms with Gasteiger partial charge < -0.3 is 19.7 Å².